The first-order valence-corrected chi connectivity index (χ1v) is 6.51. The van der Waals surface area contributed by atoms with Crippen LogP contribution in [0.2, 0.25) is 0 Å². The summed E-state index contributed by atoms with van der Waals surface area (Å²) in [6.07, 6.45) is 0.113. The van der Waals surface area contributed by atoms with E-state index in [1.807, 2.05) is 24.3 Å². The fourth-order valence-electron chi connectivity index (χ4n) is 2.01. The van der Waals surface area contributed by atoms with Crippen LogP contribution in [-0.4, -0.2) is 38.4 Å². The predicted molar refractivity (Wildman–Crippen MR) is 73.0 cm³/mol. The van der Waals surface area contributed by atoms with E-state index >= 15 is 0 Å². The molecule has 0 saturated carbocycles. The molecule has 1 aliphatic rings. The van der Waals surface area contributed by atoms with E-state index in [2.05, 4.69) is 10.6 Å². The molecule has 104 valence electrons. The van der Waals surface area contributed by atoms with E-state index in [0.717, 1.165) is 17.8 Å². The standard InChI is InChI=1S/C14H20N2O3/c1-11(17)16-14-5-3-2-4-12(14)8-15-9-13-10-18-6-7-19-13/h2-5,13,15H,6-10H2,1H3,(H,16,17). The Kier molecular flexibility index (Phi) is 5.32. The number of carbonyl (C=O) groups excluding carboxylic acids is 1. The molecule has 1 aromatic rings. The Labute approximate surface area is 113 Å². The molecular formula is C14H20N2O3. The van der Waals surface area contributed by atoms with Gasteiger partial charge in [0.05, 0.1) is 25.9 Å². The molecule has 5 heteroatoms. The zero-order valence-corrected chi connectivity index (χ0v) is 11.1. The first-order valence-electron chi connectivity index (χ1n) is 6.51. The lowest BCUT2D eigenvalue weighted by Crippen LogP contribution is -2.37. The summed E-state index contributed by atoms with van der Waals surface area (Å²) in [6.45, 7) is 4.93. The highest BCUT2D eigenvalue weighted by molar-refractivity contribution is 5.89. The van der Waals surface area contributed by atoms with Crippen molar-refractivity contribution in [3.63, 3.8) is 0 Å². The first kappa shape index (κ1) is 14.0. The highest BCUT2D eigenvalue weighted by Crippen LogP contribution is 2.14. The highest BCUT2D eigenvalue weighted by atomic mass is 16.6. The minimum atomic E-state index is -0.0588. The van der Waals surface area contributed by atoms with Gasteiger partial charge in [-0.1, -0.05) is 18.2 Å². The maximum absolute atomic E-state index is 11.1. The van der Waals surface area contributed by atoms with Crippen LogP contribution in [0.15, 0.2) is 24.3 Å². The number of hydrogen-bond donors (Lipinski definition) is 2. The van der Waals surface area contributed by atoms with E-state index in [4.69, 9.17) is 9.47 Å². The molecule has 0 aliphatic carbocycles. The number of ether oxygens (including phenoxy) is 2. The van der Waals surface area contributed by atoms with Crippen molar-refractivity contribution in [2.24, 2.45) is 0 Å². The van der Waals surface area contributed by atoms with Crippen LogP contribution in [0.4, 0.5) is 5.69 Å². The van der Waals surface area contributed by atoms with E-state index < -0.39 is 0 Å². The SMILES string of the molecule is CC(=O)Nc1ccccc1CNCC1COCCO1. The van der Waals surface area contributed by atoms with Gasteiger partial charge in [0.1, 0.15) is 0 Å². The van der Waals surface area contributed by atoms with Crippen molar-refractivity contribution in [1.82, 2.24) is 5.32 Å². The van der Waals surface area contributed by atoms with Crippen LogP contribution in [0, 0.1) is 0 Å². The predicted octanol–water partition coefficient (Wildman–Crippen LogP) is 1.15. The van der Waals surface area contributed by atoms with Crippen LogP contribution in [0.1, 0.15) is 12.5 Å². The van der Waals surface area contributed by atoms with Gasteiger partial charge in [-0.3, -0.25) is 4.79 Å². The summed E-state index contributed by atoms with van der Waals surface area (Å²) in [5, 5.41) is 6.16. The first-order chi connectivity index (χ1) is 9.25. The van der Waals surface area contributed by atoms with Crippen LogP contribution < -0.4 is 10.6 Å². The van der Waals surface area contributed by atoms with Gasteiger partial charge in [-0.2, -0.15) is 0 Å². The monoisotopic (exact) mass is 264 g/mol. The second kappa shape index (κ2) is 7.23. The van der Waals surface area contributed by atoms with Crippen molar-refractivity contribution >= 4 is 11.6 Å². The average molecular weight is 264 g/mol. The summed E-state index contributed by atoms with van der Waals surface area (Å²) in [6, 6.07) is 7.77. The van der Waals surface area contributed by atoms with Crippen LogP contribution in [0.3, 0.4) is 0 Å². The summed E-state index contributed by atoms with van der Waals surface area (Å²) in [4.78, 5) is 11.1. The Morgan fingerprint density at radius 1 is 1.37 bits per heavy atom. The molecule has 19 heavy (non-hydrogen) atoms. The van der Waals surface area contributed by atoms with Crippen LogP contribution >= 0.6 is 0 Å². The van der Waals surface area contributed by atoms with E-state index in [1.165, 1.54) is 6.92 Å². The van der Waals surface area contributed by atoms with Crippen LogP contribution in [-0.2, 0) is 20.8 Å². The molecule has 1 saturated heterocycles. The Balaban J connectivity index is 1.83. The molecule has 0 aromatic heterocycles. The van der Waals surface area contributed by atoms with Crippen molar-refractivity contribution in [3.8, 4) is 0 Å². The summed E-state index contributed by atoms with van der Waals surface area (Å²) in [7, 11) is 0. The summed E-state index contributed by atoms with van der Waals surface area (Å²) >= 11 is 0. The molecular weight excluding hydrogens is 244 g/mol. The van der Waals surface area contributed by atoms with Gasteiger partial charge in [-0.15, -0.1) is 0 Å². The van der Waals surface area contributed by atoms with Crippen LogP contribution in [0.25, 0.3) is 0 Å². The number of rotatable bonds is 5. The molecule has 0 bridgehead atoms. The van der Waals surface area contributed by atoms with Crippen molar-refractivity contribution in [2.45, 2.75) is 19.6 Å². The van der Waals surface area contributed by atoms with Gasteiger partial charge in [0.25, 0.3) is 0 Å². The lowest BCUT2D eigenvalue weighted by Gasteiger charge is -2.23. The summed E-state index contributed by atoms with van der Waals surface area (Å²) in [5.74, 6) is -0.0588. The molecule has 0 spiro atoms. The number of para-hydroxylation sites is 1. The zero-order valence-electron chi connectivity index (χ0n) is 11.1. The third-order valence-electron chi connectivity index (χ3n) is 2.90. The number of amides is 1. The Morgan fingerprint density at radius 2 is 2.21 bits per heavy atom. The molecule has 1 amide bonds. The second-order valence-corrected chi connectivity index (χ2v) is 4.54. The zero-order chi connectivity index (χ0) is 13.5. The highest BCUT2D eigenvalue weighted by Gasteiger charge is 2.13. The van der Waals surface area contributed by atoms with Gasteiger partial charge in [-0.25, -0.2) is 0 Å². The number of benzene rings is 1. The van der Waals surface area contributed by atoms with E-state index in [0.29, 0.717) is 26.4 Å². The maximum atomic E-state index is 11.1. The number of carbonyl (C=O) groups is 1. The van der Waals surface area contributed by atoms with E-state index in [9.17, 15) is 4.79 Å². The van der Waals surface area contributed by atoms with Crippen molar-refractivity contribution in [3.05, 3.63) is 29.8 Å². The topological polar surface area (TPSA) is 59.6 Å². The molecule has 5 nitrogen and oxygen atoms in total. The van der Waals surface area contributed by atoms with E-state index in [-0.39, 0.29) is 12.0 Å². The quantitative estimate of drug-likeness (QED) is 0.837. The van der Waals surface area contributed by atoms with Gasteiger partial charge >= 0.3 is 0 Å². The third kappa shape index (κ3) is 4.63. The van der Waals surface area contributed by atoms with Gasteiger partial charge < -0.3 is 20.1 Å². The van der Waals surface area contributed by atoms with Gasteiger partial charge in [-0.05, 0) is 11.6 Å². The minimum absolute atomic E-state index is 0.0588. The summed E-state index contributed by atoms with van der Waals surface area (Å²) < 4.78 is 10.9. The third-order valence-corrected chi connectivity index (χ3v) is 2.90. The molecule has 1 unspecified atom stereocenters. The summed E-state index contributed by atoms with van der Waals surface area (Å²) in [5.41, 5.74) is 1.91. The molecule has 1 aliphatic heterocycles. The Morgan fingerprint density at radius 3 is 2.95 bits per heavy atom. The van der Waals surface area contributed by atoms with Gasteiger partial charge in [0.2, 0.25) is 5.91 Å². The van der Waals surface area contributed by atoms with Gasteiger partial charge in [0.15, 0.2) is 0 Å². The fraction of sp³-hybridized carbons (Fsp3) is 0.500. The molecule has 1 aromatic carbocycles. The molecule has 2 rings (SSSR count). The Bertz CT molecular complexity index is 417. The lowest BCUT2D eigenvalue weighted by molar-refractivity contribution is -0.114. The largest absolute Gasteiger partial charge is 0.376 e. The second-order valence-electron chi connectivity index (χ2n) is 4.54. The number of anilines is 1. The van der Waals surface area contributed by atoms with Crippen molar-refractivity contribution < 1.29 is 14.3 Å². The average Bonchev–Trinajstić information content (AvgIpc) is 2.41. The fourth-order valence-corrected chi connectivity index (χ4v) is 2.01. The number of nitrogens with one attached hydrogen (secondary N) is 2. The number of hydrogen-bond acceptors (Lipinski definition) is 4. The molecule has 2 N–H and O–H groups in total. The van der Waals surface area contributed by atoms with Crippen molar-refractivity contribution in [2.75, 3.05) is 31.7 Å². The maximum Gasteiger partial charge on any atom is 0.221 e. The molecule has 0 radical (unpaired) electrons. The molecule has 1 atom stereocenters. The lowest BCUT2D eigenvalue weighted by atomic mass is 10.1. The minimum Gasteiger partial charge on any atom is -0.376 e. The Hall–Kier alpha value is -1.43. The normalized spacial score (nSPS) is 19.1. The van der Waals surface area contributed by atoms with Gasteiger partial charge in [0, 0.05) is 25.7 Å². The smallest absolute Gasteiger partial charge is 0.221 e. The van der Waals surface area contributed by atoms with E-state index in [1.54, 1.807) is 0 Å². The molecule has 1 fully saturated rings. The van der Waals surface area contributed by atoms with Crippen molar-refractivity contribution in [1.29, 1.82) is 0 Å². The molecule has 1 heterocycles. The van der Waals surface area contributed by atoms with Crippen LogP contribution in [0.5, 0.6) is 0 Å².